The zero-order valence-electron chi connectivity index (χ0n) is 18.8. The third-order valence-electron chi connectivity index (χ3n) is 6.16. The quantitative estimate of drug-likeness (QED) is 0.194. The van der Waals surface area contributed by atoms with Crippen molar-refractivity contribution in [3.8, 4) is 11.5 Å². The van der Waals surface area contributed by atoms with Crippen molar-refractivity contribution in [3.63, 3.8) is 0 Å². The van der Waals surface area contributed by atoms with E-state index in [-0.39, 0.29) is 38.0 Å². The van der Waals surface area contributed by atoms with Crippen LogP contribution in [0.1, 0.15) is 11.7 Å². The molecule has 1 atom stereocenters. The molecule has 2 N–H and O–H groups in total. The Labute approximate surface area is 217 Å². The van der Waals surface area contributed by atoms with Gasteiger partial charge < -0.3 is 19.4 Å². The molecule has 7 nitrogen and oxygen atoms in total. The molecule has 0 aliphatic carbocycles. The van der Waals surface area contributed by atoms with Crippen LogP contribution in [-0.4, -0.2) is 16.2 Å². The molecule has 0 radical (unpaired) electrons. The van der Waals surface area contributed by atoms with E-state index < -0.39 is 28.7 Å². The average Bonchev–Trinajstić information content (AvgIpc) is 2.89. The number of ether oxygens (including phenoxy) is 1. The van der Waals surface area contributed by atoms with E-state index in [4.69, 9.17) is 9.15 Å². The van der Waals surface area contributed by atoms with Crippen molar-refractivity contribution in [2.45, 2.75) is 11.0 Å². The highest BCUT2D eigenvalue weighted by Crippen LogP contribution is 2.40. The summed E-state index contributed by atoms with van der Waals surface area (Å²) >= 11 is 5.71. The SMILES string of the molecule is O=C(O)C(Oc1c(S)ccc2oc3ccccc3c(=O)c12)c1c(O)ccc2sc3ccccc3c(=O)c12. The molecule has 0 amide bonds. The monoisotopic (exact) mass is 528 g/mol. The summed E-state index contributed by atoms with van der Waals surface area (Å²) < 4.78 is 13.0. The molecule has 6 aromatic rings. The van der Waals surface area contributed by atoms with E-state index in [0.29, 0.717) is 15.7 Å². The van der Waals surface area contributed by atoms with E-state index in [1.165, 1.54) is 23.5 Å². The van der Waals surface area contributed by atoms with E-state index >= 15 is 0 Å². The maximum atomic E-state index is 13.5. The van der Waals surface area contributed by atoms with Gasteiger partial charge in [-0.3, -0.25) is 9.59 Å². The van der Waals surface area contributed by atoms with Gasteiger partial charge in [0.05, 0.1) is 16.3 Å². The van der Waals surface area contributed by atoms with Crippen LogP contribution in [-0.2, 0) is 4.79 Å². The van der Waals surface area contributed by atoms with Gasteiger partial charge in [-0.25, -0.2) is 4.79 Å². The van der Waals surface area contributed by atoms with Crippen molar-refractivity contribution in [3.05, 3.63) is 98.8 Å². The van der Waals surface area contributed by atoms with Gasteiger partial charge in [0.25, 0.3) is 0 Å². The first kappa shape index (κ1) is 23.1. The van der Waals surface area contributed by atoms with E-state index in [0.717, 1.165) is 4.70 Å². The lowest BCUT2D eigenvalue weighted by Gasteiger charge is -2.20. The van der Waals surface area contributed by atoms with Gasteiger partial charge in [-0.05, 0) is 48.5 Å². The molecule has 37 heavy (non-hydrogen) atoms. The van der Waals surface area contributed by atoms with Gasteiger partial charge in [-0.15, -0.1) is 24.0 Å². The normalized spacial score (nSPS) is 12.4. The fourth-order valence-electron chi connectivity index (χ4n) is 4.49. The van der Waals surface area contributed by atoms with Gasteiger partial charge in [0.1, 0.15) is 28.1 Å². The zero-order chi connectivity index (χ0) is 25.8. The standard InChI is InChI=1S/C28H16O7S2/c29-15-9-12-20-23(25(31)14-6-2-4-8-19(14)37-20)21(15)27(28(32)33)35-26-18(36)11-10-17-22(26)24(30)13-5-1-3-7-16(13)34-17/h1-12,27,29,36H,(H,32,33). The number of carboxylic acids is 1. The number of benzene rings is 4. The summed E-state index contributed by atoms with van der Waals surface area (Å²) in [4.78, 5) is 39.6. The van der Waals surface area contributed by atoms with Gasteiger partial charge in [0.15, 0.2) is 5.43 Å². The molecule has 1 unspecified atom stereocenters. The first-order valence-electron chi connectivity index (χ1n) is 11.1. The number of phenolic OH excluding ortho intramolecular Hbond substituents is 1. The molecule has 0 aliphatic rings. The van der Waals surface area contributed by atoms with Gasteiger partial charge in [-0.1, -0.05) is 24.3 Å². The third-order valence-corrected chi connectivity index (χ3v) is 7.65. The van der Waals surface area contributed by atoms with Crippen LogP contribution >= 0.6 is 24.0 Å². The predicted octanol–water partition coefficient (Wildman–Crippen LogP) is 5.87. The number of thiol groups is 1. The first-order chi connectivity index (χ1) is 17.8. The van der Waals surface area contributed by atoms with Crippen molar-refractivity contribution in [2.24, 2.45) is 0 Å². The summed E-state index contributed by atoms with van der Waals surface area (Å²) in [5.74, 6) is -2.01. The molecule has 0 spiro atoms. The number of hydrogen-bond acceptors (Lipinski definition) is 8. The molecule has 0 saturated heterocycles. The van der Waals surface area contributed by atoms with Gasteiger partial charge >= 0.3 is 5.97 Å². The molecule has 2 heterocycles. The highest BCUT2D eigenvalue weighted by atomic mass is 32.1. The second kappa shape index (κ2) is 8.65. The van der Waals surface area contributed by atoms with Crippen molar-refractivity contribution in [1.29, 1.82) is 0 Å². The number of carboxylic acid groups (broad SMARTS) is 1. The maximum absolute atomic E-state index is 13.5. The van der Waals surface area contributed by atoms with E-state index in [1.54, 1.807) is 60.7 Å². The highest BCUT2D eigenvalue weighted by molar-refractivity contribution is 7.80. The third kappa shape index (κ3) is 3.62. The molecule has 0 aliphatic heterocycles. The number of carbonyl (C=O) groups is 1. The molecule has 0 bridgehead atoms. The van der Waals surface area contributed by atoms with E-state index in [2.05, 4.69) is 12.6 Å². The minimum Gasteiger partial charge on any atom is -0.507 e. The lowest BCUT2D eigenvalue weighted by atomic mass is 10.0. The maximum Gasteiger partial charge on any atom is 0.349 e. The van der Waals surface area contributed by atoms with Crippen LogP contribution in [0.5, 0.6) is 11.5 Å². The lowest BCUT2D eigenvalue weighted by Crippen LogP contribution is -2.21. The fraction of sp³-hybridized carbons (Fsp3) is 0.0357. The first-order valence-corrected chi connectivity index (χ1v) is 12.4. The molecule has 0 fully saturated rings. The minimum atomic E-state index is -1.83. The van der Waals surface area contributed by atoms with E-state index in [9.17, 15) is 24.6 Å². The zero-order valence-corrected chi connectivity index (χ0v) is 20.5. The Morgan fingerprint density at radius 3 is 2.32 bits per heavy atom. The van der Waals surface area contributed by atoms with Crippen molar-refractivity contribution in [1.82, 2.24) is 0 Å². The van der Waals surface area contributed by atoms with Crippen LogP contribution in [0.2, 0.25) is 0 Å². The topological polar surface area (TPSA) is 114 Å². The Morgan fingerprint density at radius 1 is 0.838 bits per heavy atom. The van der Waals surface area contributed by atoms with Crippen LogP contribution in [0.3, 0.4) is 0 Å². The number of hydrogen-bond donors (Lipinski definition) is 3. The number of para-hydroxylation sites is 1. The molecule has 182 valence electrons. The molecular formula is C28H16O7S2. The summed E-state index contributed by atoms with van der Waals surface area (Å²) in [7, 11) is 0. The molecule has 4 aromatic carbocycles. The largest absolute Gasteiger partial charge is 0.507 e. The fourth-order valence-corrected chi connectivity index (χ4v) is 5.82. The molecule has 9 heteroatoms. The Morgan fingerprint density at radius 2 is 1.54 bits per heavy atom. The molecule has 2 aromatic heterocycles. The van der Waals surface area contributed by atoms with Gasteiger partial charge in [0.2, 0.25) is 11.5 Å². The summed E-state index contributed by atoms with van der Waals surface area (Å²) in [5, 5.41) is 21.7. The number of aromatic hydroxyl groups is 1. The Bertz CT molecular complexity index is 2020. The van der Waals surface area contributed by atoms with Crippen molar-refractivity contribution < 1.29 is 24.2 Å². The lowest BCUT2D eigenvalue weighted by molar-refractivity contribution is -0.145. The highest BCUT2D eigenvalue weighted by Gasteiger charge is 2.31. The van der Waals surface area contributed by atoms with Crippen LogP contribution in [0.15, 0.2) is 91.7 Å². The summed E-state index contributed by atoms with van der Waals surface area (Å²) in [5.41, 5.74) is -0.512. The Hall–Kier alpha value is -4.34. The van der Waals surface area contributed by atoms with Crippen LogP contribution < -0.4 is 15.6 Å². The average molecular weight is 529 g/mol. The number of phenols is 1. The number of aliphatic carboxylic acids is 1. The second-order valence-electron chi connectivity index (χ2n) is 8.35. The summed E-state index contributed by atoms with van der Waals surface area (Å²) in [6.45, 7) is 0. The van der Waals surface area contributed by atoms with E-state index in [1.807, 2.05) is 0 Å². The molecule has 6 rings (SSSR count). The number of fused-ring (bicyclic) bond motifs is 4. The van der Waals surface area contributed by atoms with Gasteiger partial charge in [0, 0.05) is 19.7 Å². The number of rotatable bonds is 4. The van der Waals surface area contributed by atoms with Crippen LogP contribution in [0, 0.1) is 0 Å². The summed E-state index contributed by atoms with van der Waals surface area (Å²) in [6.07, 6.45) is -1.83. The van der Waals surface area contributed by atoms with Crippen LogP contribution in [0.25, 0.3) is 42.1 Å². The van der Waals surface area contributed by atoms with Crippen LogP contribution in [0.4, 0.5) is 0 Å². The second-order valence-corrected chi connectivity index (χ2v) is 9.91. The smallest absolute Gasteiger partial charge is 0.349 e. The Balaban J connectivity index is 1.64. The summed E-state index contributed by atoms with van der Waals surface area (Å²) in [6, 6.07) is 19.6. The molecule has 0 saturated carbocycles. The predicted molar refractivity (Wildman–Crippen MR) is 146 cm³/mol. The molecular weight excluding hydrogens is 512 g/mol. The minimum absolute atomic E-state index is 0.00721. The Kier molecular flexibility index (Phi) is 5.40. The van der Waals surface area contributed by atoms with Crippen molar-refractivity contribution >= 4 is 72.0 Å². The van der Waals surface area contributed by atoms with Crippen molar-refractivity contribution in [2.75, 3.05) is 0 Å². The van der Waals surface area contributed by atoms with Gasteiger partial charge in [-0.2, -0.15) is 0 Å².